The lowest BCUT2D eigenvalue weighted by Crippen LogP contribution is -2.08. The Morgan fingerprint density at radius 1 is 1.46 bits per heavy atom. The molecule has 0 unspecified atom stereocenters. The van der Waals surface area contributed by atoms with Gasteiger partial charge in [0.25, 0.3) is 5.91 Å². The maximum absolute atomic E-state index is 13.0. The molecular formula is C9H6FNO2. The summed E-state index contributed by atoms with van der Waals surface area (Å²) in [4.78, 5) is 10.7. The minimum absolute atomic E-state index is 0.0277. The van der Waals surface area contributed by atoms with Crippen molar-refractivity contribution in [2.45, 2.75) is 0 Å². The minimum atomic E-state index is -0.699. The molecular weight excluding hydrogens is 173 g/mol. The lowest BCUT2D eigenvalue weighted by atomic mass is 10.2. The highest BCUT2D eigenvalue weighted by Crippen LogP contribution is 2.21. The summed E-state index contributed by atoms with van der Waals surface area (Å²) in [6.07, 6.45) is 0. The van der Waals surface area contributed by atoms with Crippen molar-refractivity contribution in [1.82, 2.24) is 0 Å². The molecule has 2 N–H and O–H groups in total. The molecule has 1 amide bonds. The number of rotatable bonds is 1. The Bertz CT molecular complexity index is 475. The average Bonchev–Trinajstić information content (AvgIpc) is 2.49. The van der Waals surface area contributed by atoms with E-state index in [1.165, 1.54) is 18.2 Å². The molecule has 1 heterocycles. The SMILES string of the molecule is NC(=O)c1cc2cccc(F)c2o1. The zero-order chi connectivity index (χ0) is 9.42. The zero-order valence-corrected chi connectivity index (χ0v) is 6.58. The number of carbonyl (C=O) groups is 1. The van der Waals surface area contributed by atoms with Crippen molar-refractivity contribution >= 4 is 16.9 Å². The summed E-state index contributed by atoms with van der Waals surface area (Å²) in [7, 11) is 0. The summed E-state index contributed by atoms with van der Waals surface area (Å²) in [6, 6.07) is 5.86. The van der Waals surface area contributed by atoms with Crippen LogP contribution in [0.25, 0.3) is 11.0 Å². The third kappa shape index (κ3) is 1.16. The number of hydrogen-bond acceptors (Lipinski definition) is 2. The van der Waals surface area contributed by atoms with Crippen molar-refractivity contribution in [3.63, 3.8) is 0 Å². The molecule has 0 aliphatic rings. The first-order valence-corrected chi connectivity index (χ1v) is 3.66. The molecule has 4 heteroatoms. The smallest absolute Gasteiger partial charge is 0.284 e. The second kappa shape index (κ2) is 2.58. The maximum atomic E-state index is 13.0. The quantitative estimate of drug-likeness (QED) is 0.723. The first-order chi connectivity index (χ1) is 6.18. The van der Waals surface area contributed by atoms with Crippen molar-refractivity contribution in [1.29, 1.82) is 0 Å². The topological polar surface area (TPSA) is 56.2 Å². The summed E-state index contributed by atoms with van der Waals surface area (Å²) in [5.41, 5.74) is 5.04. The number of halogens is 1. The molecule has 0 aliphatic carbocycles. The van der Waals surface area contributed by atoms with Gasteiger partial charge in [0.2, 0.25) is 0 Å². The van der Waals surface area contributed by atoms with Gasteiger partial charge in [0.15, 0.2) is 17.2 Å². The van der Waals surface area contributed by atoms with Gasteiger partial charge < -0.3 is 10.2 Å². The molecule has 0 fully saturated rings. The molecule has 2 rings (SSSR count). The van der Waals surface area contributed by atoms with E-state index < -0.39 is 11.7 Å². The number of furan rings is 1. The largest absolute Gasteiger partial charge is 0.448 e. The second-order valence-electron chi connectivity index (χ2n) is 2.63. The Morgan fingerprint density at radius 2 is 2.23 bits per heavy atom. The molecule has 0 atom stereocenters. The molecule has 0 saturated carbocycles. The van der Waals surface area contributed by atoms with Crippen LogP contribution >= 0.6 is 0 Å². The van der Waals surface area contributed by atoms with E-state index in [2.05, 4.69) is 0 Å². The van der Waals surface area contributed by atoms with Crippen LogP contribution in [0.15, 0.2) is 28.7 Å². The fraction of sp³-hybridized carbons (Fsp3) is 0. The highest BCUT2D eigenvalue weighted by molar-refractivity contribution is 5.95. The summed E-state index contributed by atoms with van der Waals surface area (Å²) < 4.78 is 17.9. The van der Waals surface area contributed by atoms with Crippen LogP contribution in [0.2, 0.25) is 0 Å². The Kier molecular flexibility index (Phi) is 1.55. The fourth-order valence-electron chi connectivity index (χ4n) is 1.15. The summed E-state index contributed by atoms with van der Waals surface area (Å²) in [5.74, 6) is -1.22. The molecule has 13 heavy (non-hydrogen) atoms. The van der Waals surface area contributed by atoms with Gasteiger partial charge in [-0.1, -0.05) is 12.1 Å². The molecule has 2 aromatic rings. The highest BCUT2D eigenvalue weighted by atomic mass is 19.1. The van der Waals surface area contributed by atoms with E-state index in [-0.39, 0.29) is 11.3 Å². The van der Waals surface area contributed by atoms with Crippen LogP contribution in [0, 0.1) is 5.82 Å². The van der Waals surface area contributed by atoms with Gasteiger partial charge in [0.1, 0.15) is 0 Å². The van der Waals surface area contributed by atoms with Crippen molar-refractivity contribution in [3.05, 3.63) is 35.8 Å². The zero-order valence-electron chi connectivity index (χ0n) is 6.58. The normalized spacial score (nSPS) is 10.5. The van der Waals surface area contributed by atoms with E-state index in [4.69, 9.17) is 10.2 Å². The predicted octanol–water partition coefficient (Wildman–Crippen LogP) is 1.67. The van der Waals surface area contributed by atoms with Crippen LogP contribution in [-0.2, 0) is 0 Å². The average molecular weight is 179 g/mol. The monoisotopic (exact) mass is 179 g/mol. The summed E-state index contributed by atoms with van der Waals surface area (Å²) in [5, 5.41) is 0.536. The summed E-state index contributed by atoms with van der Waals surface area (Å²) in [6.45, 7) is 0. The lowest BCUT2D eigenvalue weighted by Gasteiger charge is -1.88. The lowest BCUT2D eigenvalue weighted by molar-refractivity contribution is 0.0976. The second-order valence-corrected chi connectivity index (χ2v) is 2.63. The van der Waals surface area contributed by atoms with E-state index in [0.29, 0.717) is 5.39 Å². The van der Waals surface area contributed by atoms with Crippen LogP contribution in [0.3, 0.4) is 0 Å². The first-order valence-electron chi connectivity index (χ1n) is 3.66. The van der Waals surface area contributed by atoms with Gasteiger partial charge in [-0.3, -0.25) is 4.79 Å². The molecule has 66 valence electrons. The molecule has 0 spiro atoms. The molecule has 1 aromatic heterocycles. The third-order valence-corrected chi connectivity index (χ3v) is 1.74. The molecule has 0 aliphatic heterocycles. The standard InChI is InChI=1S/C9H6FNO2/c10-6-3-1-2-5-4-7(9(11)12)13-8(5)6/h1-4H,(H2,11,12). The van der Waals surface area contributed by atoms with E-state index in [0.717, 1.165) is 0 Å². The van der Waals surface area contributed by atoms with E-state index >= 15 is 0 Å². The van der Waals surface area contributed by atoms with Crippen LogP contribution in [0.4, 0.5) is 4.39 Å². The number of fused-ring (bicyclic) bond motifs is 1. The maximum Gasteiger partial charge on any atom is 0.284 e. The number of carbonyl (C=O) groups excluding carboxylic acids is 1. The molecule has 0 saturated heterocycles. The Morgan fingerprint density at radius 3 is 2.85 bits per heavy atom. The molecule has 0 radical (unpaired) electrons. The van der Waals surface area contributed by atoms with Crippen molar-refractivity contribution in [2.75, 3.05) is 0 Å². The van der Waals surface area contributed by atoms with Crippen molar-refractivity contribution < 1.29 is 13.6 Å². The molecule has 1 aromatic carbocycles. The van der Waals surface area contributed by atoms with Gasteiger partial charge in [-0.2, -0.15) is 0 Å². The first kappa shape index (κ1) is 7.79. The number of nitrogens with two attached hydrogens (primary N) is 1. The number of hydrogen-bond donors (Lipinski definition) is 1. The molecule has 3 nitrogen and oxygen atoms in total. The van der Waals surface area contributed by atoms with Gasteiger partial charge in [-0.15, -0.1) is 0 Å². The predicted molar refractivity (Wildman–Crippen MR) is 44.7 cm³/mol. The van der Waals surface area contributed by atoms with Crippen LogP contribution in [0.1, 0.15) is 10.6 Å². The van der Waals surface area contributed by atoms with Crippen LogP contribution in [0.5, 0.6) is 0 Å². The van der Waals surface area contributed by atoms with Gasteiger partial charge in [0, 0.05) is 5.39 Å². The van der Waals surface area contributed by atoms with E-state index in [9.17, 15) is 9.18 Å². The van der Waals surface area contributed by atoms with Gasteiger partial charge in [-0.25, -0.2) is 4.39 Å². The third-order valence-electron chi connectivity index (χ3n) is 1.74. The van der Waals surface area contributed by atoms with Gasteiger partial charge >= 0.3 is 0 Å². The van der Waals surface area contributed by atoms with Crippen molar-refractivity contribution in [3.8, 4) is 0 Å². The Hall–Kier alpha value is -1.84. The van der Waals surface area contributed by atoms with Crippen LogP contribution in [-0.4, -0.2) is 5.91 Å². The number of primary amides is 1. The van der Waals surface area contributed by atoms with Crippen LogP contribution < -0.4 is 5.73 Å². The Labute approximate surface area is 72.9 Å². The van der Waals surface area contributed by atoms with Gasteiger partial charge in [-0.05, 0) is 12.1 Å². The van der Waals surface area contributed by atoms with Crippen molar-refractivity contribution in [2.24, 2.45) is 5.73 Å². The highest BCUT2D eigenvalue weighted by Gasteiger charge is 2.10. The molecule has 0 bridgehead atoms. The fourth-order valence-corrected chi connectivity index (χ4v) is 1.15. The number of para-hydroxylation sites is 1. The number of amides is 1. The van der Waals surface area contributed by atoms with Gasteiger partial charge in [0.05, 0.1) is 0 Å². The van der Waals surface area contributed by atoms with E-state index in [1.807, 2.05) is 0 Å². The van der Waals surface area contributed by atoms with E-state index in [1.54, 1.807) is 6.07 Å². The minimum Gasteiger partial charge on any atom is -0.448 e. The summed E-state index contributed by atoms with van der Waals surface area (Å²) >= 11 is 0. The Balaban J connectivity index is 2.75. The number of benzene rings is 1.